The predicted octanol–water partition coefficient (Wildman–Crippen LogP) is 2.81. The van der Waals surface area contributed by atoms with E-state index < -0.39 is 6.10 Å². The number of β-amino-alcohol motifs (C(OH)–C–C–N with tert-alkyl or cyclic N) is 1. The third kappa shape index (κ3) is 3.29. The number of anilines is 1. The lowest BCUT2D eigenvalue weighted by Gasteiger charge is -2.27. The maximum Gasteiger partial charge on any atom is 0.130 e. The highest BCUT2D eigenvalue weighted by Crippen LogP contribution is 2.37. The zero-order chi connectivity index (χ0) is 19.0. The van der Waals surface area contributed by atoms with Crippen molar-refractivity contribution in [3.05, 3.63) is 65.0 Å². The molecule has 4 rings (SSSR count). The average molecular weight is 363 g/mol. The first-order chi connectivity index (χ1) is 13.1. The summed E-state index contributed by atoms with van der Waals surface area (Å²) in [6, 6.07) is 12.7. The minimum Gasteiger partial charge on any atom is -0.391 e. The topological polar surface area (TPSA) is 39.1 Å². The zero-order valence-electron chi connectivity index (χ0n) is 15.3. The molecule has 0 unspecified atom stereocenters. The molecule has 4 nitrogen and oxygen atoms in total. The summed E-state index contributed by atoms with van der Waals surface area (Å²) in [5.41, 5.74) is 3.11. The Morgan fingerprint density at radius 1 is 1.22 bits per heavy atom. The number of hydrogen-bond acceptors (Lipinski definition) is 4. The first-order valence-electron chi connectivity index (χ1n) is 9.13. The van der Waals surface area contributed by atoms with E-state index in [1.807, 2.05) is 53.2 Å². The van der Waals surface area contributed by atoms with Gasteiger partial charge in [-0.2, -0.15) is 0 Å². The standard InChI is InChI=1S/C22H22FN3O/c1-3-15-4-7-17(8-5-15)26-14-18(27)13-21(26)19-9-6-16(12-20(19)23)22-24-10-11-25(22)2/h1,4-9,12,18,21,27H,10-11,13-14H2,2H3/t18-,21-/m1/s1. The summed E-state index contributed by atoms with van der Waals surface area (Å²) in [6.45, 7) is 2.07. The quantitative estimate of drug-likeness (QED) is 0.853. The van der Waals surface area contributed by atoms with Crippen LogP contribution in [0.25, 0.3) is 0 Å². The van der Waals surface area contributed by atoms with Crippen LogP contribution in [0.15, 0.2) is 47.5 Å². The van der Waals surface area contributed by atoms with Gasteiger partial charge in [-0.15, -0.1) is 6.42 Å². The summed E-state index contributed by atoms with van der Waals surface area (Å²) >= 11 is 0. The van der Waals surface area contributed by atoms with Crippen LogP contribution in [0.5, 0.6) is 0 Å². The van der Waals surface area contributed by atoms with Crippen LogP contribution in [-0.2, 0) is 0 Å². The van der Waals surface area contributed by atoms with Crippen molar-refractivity contribution in [2.75, 3.05) is 31.6 Å². The van der Waals surface area contributed by atoms with Crippen LogP contribution in [0.2, 0.25) is 0 Å². The number of nitrogens with zero attached hydrogens (tertiary/aromatic N) is 3. The number of benzene rings is 2. The van der Waals surface area contributed by atoms with E-state index in [2.05, 4.69) is 10.9 Å². The van der Waals surface area contributed by atoms with E-state index in [9.17, 15) is 5.11 Å². The van der Waals surface area contributed by atoms with Crippen molar-refractivity contribution in [3.8, 4) is 12.3 Å². The zero-order valence-corrected chi connectivity index (χ0v) is 15.3. The van der Waals surface area contributed by atoms with Crippen LogP contribution in [0, 0.1) is 18.2 Å². The van der Waals surface area contributed by atoms with Gasteiger partial charge in [0.15, 0.2) is 0 Å². The van der Waals surface area contributed by atoms with Gasteiger partial charge >= 0.3 is 0 Å². The molecule has 0 saturated carbocycles. The van der Waals surface area contributed by atoms with Gasteiger partial charge in [-0.1, -0.05) is 18.1 Å². The largest absolute Gasteiger partial charge is 0.391 e. The smallest absolute Gasteiger partial charge is 0.130 e. The van der Waals surface area contributed by atoms with E-state index in [1.165, 1.54) is 0 Å². The molecule has 0 bridgehead atoms. The molecule has 2 aliphatic rings. The molecule has 1 saturated heterocycles. The number of amidine groups is 1. The molecule has 1 N–H and O–H groups in total. The van der Waals surface area contributed by atoms with Crippen LogP contribution in [0.1, 0.15) is 29.2 Å². The van der Waals surface area contributed by atoms with Gasteiger partial charge in [-0.05, 0) is 36.8 Å². The fourth-order valence-corrected chi connectivity index (χ4v) is 3.92. The second kappa shape index (κ2) is 7.05. The number of halogens is 1. The molecule has 1 fully saturated rings. The molecular weight excluding hydrogens is 341 g/mol. The van der Waals surface area contributed by atoms with Crippen LogP contribution in [0.3, 0.4) is 0 Å². The Balaban J connectivity index is 1.65. The third-order valence-corrected chi connectivity index (χ3v) is 5.32. The summed E-state index contributed by atoms with van der Waals surface area (Å²) in [5.74, 6) is 3.16. The summed E-state index contributed by atoms with van der Waals surface area (Å²) in [5, 5.41) is 10.2. The highest BCUT2D eigenvalue weighted by molar-refractivity contribution is 5.99. The lowest BCUT2D eigenvalue weighted by Crippen LogP contribution is -2.25. The minimum absolute atomic E-state index is 0.214. The van der Waals surface area contributed by atoms with Crippen LogP contribution in [0.4, 0.5) is 10.1 Å². The third-order valence-electron chi connectivity index (χ3n) is 5.32. The molecule has 2 aromatic carbocycles. The molecule has 0 spiro atoms. The minimum atomic E-state index is -0.494. The Labute approximate surface area is 159 Å². The fourth-order valence-electron chi connectivity index (χ4n) is 3.92. The monoisotopic (exact) mass is 363 g/mol. The van der Waals surface area contributed by atoms with Gasteiger partial charge in [0, 0.05) is 42.5 Å². The molecule has 0 aliphatic carbocycles. The van der Waals surface area contributed by atoms with Crippen molar-refractivity contribution in [2.45, 2.75) is 18.6 Å². The first kappa shape index (κ1) is 17.6. The van der Waals surface area contributed by atoms with Gasteiger partial charge in [0.25, 0.3) is 0 Å². The Morgan fingerprint density at radius 3 is 2.63 bits per heavy atom. The number of rotatable bonds is 3. The van der Waals surface area contributed by atoms with Crippen molar-refractivity contribution in [2.24, 2.45) is 4.99 Å². The second-order valence-corrected chi connectivity index (χ2v) is 7.11. The number of aliphatic imine (C=N–C) groups is 1. The molecule has 5 heteroatoms. The van der Waals surface area contributed by atoms with Gasteiger partial charge in [-0.3, -0.25) is 4.99 Å². The van der Waals surface area contributed by atoms with Crippen molar-refractivity contribution < 1.29 is 9.50 Å². The van der Waals surface area contributed by atoms with Crippen molar-refractivity contribution >= 4 is 11.5 Å². The summed E-state index contributed by atoms with van der Waals surface area (Å²) in [4.78, 5) is 8.53. The van der Waals surface area contributed by atoms with Crippen LogP contribution in [-0.4, -0.2) is 48.6 Å². The van der Waals surface area contributed by atoms with E-state index in [4.69, 9.17) is 6.42 Å². The van der Waals surface area contributed by atoms with E-state index in [0.29, 0.717) is 18.5 Å². The molecule has 2 aliphatic heterocycles. The summed E-state index contributed by atoms with van der Waals surface area (Å²) in [7, 11) is 1.96. The molecule has 0 amide bonds. The summed E-state index contributed by atoms with van der Waals surface area (Å²) < 4.78 is 15.0. The number of terminal acetylenes is 1. The van der Waals surface area contributed by atoms with Crippen molar-refractivity contribution in [1.29, 1.82) is 0 Å². The van der Waals surface area contributed by atoms with Gasteiger partial charge in [-0.25, -0.2) is 4.39 Å². The normalized spacial score (nSPS) is 22.1. The van der Waals surface area contributed by atoms with E-state index in [1.54, 1.807) is 6.07 Å². The highest BCUT2D eigenvalue weighted by Gasteiger charge is 2.34. The number of aliphatic hydroxyl groups is 1. The molecule has 2 aromatic rings. The van der Waals surface area contributed by atoms with E-state index >= 15 is 4.39 Å². The van der Waals surface area contributed by atoms with Crippen molar-refractivity contribution in [3.63, 3.8) is 0 Å². The Kier molecular flexibility index (Phi) is 4.59. The van der Waals surface area contributed by atoms with Crippen LogP contribution >= 0.6 is 0 Å². The molecular formula is C22H22FN3O. The number of hydrogen-bond donors (Lipinski definition) is 1. The van der Waals surface area contributed by atoms with Gasteiger partial charge in [0.2, 0.25) is 0 Å². The Bertz CT molecular complexity index is 916. The van der Waals surface area contributed by atoms with Crippen LogP contribution < -0.4 is 4.90 Å². The molecule has 138 valence electrons. The Hall–Kier alpha value is -2.84. The predicted molar refractivity (Wildman–Crippen MR) is 106 cm³/mol. The van der Waals surface area contributed by atoms with Gasteiger partial charge in [0.05, 0.1) is 18.7 Å². The maximum absolute atomic E-state index is 15.0. The van der Waals surface area contributed by atoms with Gasteiger partial charge in [0.1, 0.15) is 11.7 Å². The molecule has 0 radical (unpaired) electrons. The molecule has 27 heavy (non-hydrogen) atoms. The molecule has 2 atom stereocenters. The maximum atomic E-state index is 15.0. The molecule has 2 heterocycles. The van der Waals surface area contributed by atoms with Gasteiger partial charge < -0.3 is 14.9 Å². The lowest BCUT2D eigenvalue weighted by atomic mass is 10.0. The van der Waals surface area contributed by atoms with E-state index in [0.717, 1.165) is 35.7 Å². The number of likely N-dealkylation sites (N-methyl/N-ethyl adjacent to an activating group) is 1. The fraction of sp³-hybridized carbons (Fsp3) is 0.318. The lowest BCUT2D eigenvalue weighted by molar-refractivity contribution is 0.194. The average Bonchev–Trinajstić information content (AvgIpc) is 3.27. The van der Waals surface area contributed by atoms with Crippen molar-refractivity contribution in [1.82, 2.24) is 4.90 Å². The Morgan fingerprint density at radius 2 is 2.00 bits per heavy atom. The second-order valence-electron chi connectivity index (χ2n) is 7.11. The summed E-state index contributed by atoms with van der Waals surface area (Å²) in [6.07, 6.45) is 5.42. The number of aliphatic hydroxyl groups excluding tert-OH is 1. The van der Waals surface area contributed by atoms with E-state index in [-0.39, 0.29) is 11.9 Å². The first-order valence-corrected chi connectivity index (χ1v) is 9.13. The molecule has 0 aromatic heterocycles. The highest BCUT2D eigenvalue weighted by atomic mass is 19.1. The SMILES string of the molecule is C#Cc1ccc(N2C[C@H](O)C[C@@H]2c2ccc(C3=NCCN3C)cc2F)cc1.